The fourth-order valence-corrected chi connectivity index (χ4v) is 3.04. The first-order chi connectivity index (χ1) is 15.4. The number of carbonyl (C=O) groups excluding carboxylic acids is 3. The summed E-state index contributed by atoms with van der Waals surface area (Å²) < 4.78 is 21.9. The Balaban J connectivity index is 1.26. The van der Waals surface area contributed by atoms with Crippen LogP contribution in [0.3, 0.4) is 0 Å². The fourth-order valence-electron chi connectivity index (χ4n) is 3.04. The highest BCUT2D eigenvalue weighted by atomic mass is 16.6. The van der Waals surface area contributed by atoms with E-state index in [1.807, 2.05) is 0 Å². The molecule has 0 N–H and O–H groups in total. The third-order valence-electron chi connectivity index (χ3n) is 4.51. The largest absolute Gasteiger partial charge is 0.456 e. The van der Waals surface area contributed by atoms with Gasteiger partial charge in [-0.05, 0) is 24.3 Å². The number of Topliss-reactive ketones (excluding diaryl/α,β-unsaturated/α-hetero) is 1. The van der Waals surface area contributed by atoms with Crippen molar-refractivity contribution in [3.05, 3.63) is 69.6 Å². The van der Waals surface area contributed by atoms with Gasteiger partial charge in [-0.2, -0.15) is 0 Å². The summed E-state index contributed by atoms with van der Waals surface area (Å²) in [6, 6.07) is 13.1. The summed E-state index contributed by atoms with van der Waals surface area (Å²) in [5, 5.41) is 0. The fraction of sp³-hybridized carbons (Fsp3) is 0.190. The third kappa shape index (κ3) is 4.36. The molecule has 11 nitrogen and oxygen atoms in total. The van der Waals surface area contributed by atoms with E-state index in [-0.39, 0.29) is 0 Å². The van der Waals surface area contributed by atoms with Crippen LogP contribution in [-0.4, -0.2) is 40.1 Å². The number of hydrogen-bond acceptors (Lipinski definition) is 9. The van der Waals surface area contributed by atoms with Gasteiger partial charge < -0.3 is 18.3 Å². The summed E-state index contributed by atoms with van der Waals surface area (Å²) in [6.07, 6.45) is 0. The van der Waals surface area contributed by atoms with Gasteiger partial charge in [0.2, 0.25) is 5.78 Å². The summed E-state index contributed by atoms with van der Waals surface area (Å²) in [5.74, 6) is -3.82. The molecule has 4 rings (SSSR count). The Morgan fingerprint density at radius 1 is 0.688 bits per heavy atom. The first-order valence-corrected chi connectivity index (χ1v) is 9.42. The molecule has 0 atom stereocenters. The number of hydrogen-bond donors (Lipinski definition) is 0. The molecule has 0 aliphatic rings. The average molecular weight is 440 g/mol. The number of para-hydroxylation sites is 4. The molecule has 0 bridgehead atoms. The van der Waals surface area contributed by atoms with Crippen LogP contribution in [0, 0.1) is 0 Å². The number of aromatic nitrogens is 2. The second kappa shape index (κ2) is 8.76. The first kappa shape index (κ1) is 20.8. The Morgan fingerprint density at radius 3 is 1.53 bits per heavy atom. The maximum absolute atomic E-state index is 12.0. The van der Waals surface area contributed by atoms with Crippen LogP contribution in [0.1, 0.15) is 0 Å². The molecule has 2 heterocycles. The molecule has 164 valence electrons. The maximum atomic E-state index is 12.0. The van der Waals surface area contributed by atoms with Gasteiger partial charge in [-0.1, -0.05) is 24.3 Å². The SMILES string of the molecule is O=C(COC(=O)Cn1c(=O)oc2ccccc21)COC(=O)Cn1c(=O)oc2ccccc21. The van der Waals surface area contributed by atoms with E-state index >= 15 is 0 Å². The summed E-state index contributed by atoms with van der Waals surface area (Å²) in [7, 11) is 0. The number of ether oxygens (including phenoxy) is 2. The smallest absolute Gasteiger partial charge is 0.420 e. The maximum Gasteiger partial charge on any atom is 0.420 e. The Labute approximate surface area is 178 Å². The number of benzene rings is 2. The molecule has 2 aromatic carbocycles. The van der Waals surface area contributed by atoms with Gasteiger partial charge in [0, 0.05) is 0 Å². The van der Waals surface area contributed by atoms with Gasteiger partial charge in [-0.25, -0.2) is 9.59 Å². The molecule has 0 aliphatic heterocycles. The molecular formula is C21H16N2O9. The van der Waals surface area contributed by atoms with E-state index in [0.29, 0.717) is 22.2 Å². The summed E-state index contributed by atoms with van der Waals surface area (Å²) in [5.41, 5.74) is 1.46. The Hall–Kier alpha value is -4.41. The minimum atomic E-state index is -0.838. The van der Waals surface area contributed by atoms with Gasteiger partial charge in [0.05, 0.1) is 11.0 Å². The quantitative estimate of drug-likeness (QED) is 0.365. The monoisotopic (exact) mass is 440 g/mol. The minimum Gasteiger partial charge on any atom is -0.456 e. The van der Waals surface area contributed by atoms with E-state index < -0.39 is 55.5 Å². The first-order valence-electron chi connectivity index (χ1n) is 9.42. The highest BCUT2D eigenvalue weighted by molar-refractivity contribution is 5.85. The van der Waals surface area contributed by atoms with Crippen LogP contribution in [0.2, 0.25) is 0 Å². The zero-order valence-corrected chi connectivity index (χ0v) is 16.5. The van der Waals surface area contributed by atoms with Crippen LogP contribution in [-0.2, 0) is 36.9 Å². The lowest BCUT2D eigenvalue weighted by atomic mass is 10.3. The lowest BCUT2D eigenvalue weighted by molar-refractivity contribution is -0.153. The van der Waals surface area contributed by atoms with Gasteiger partial charge in [0.15, 0.2) is 24.4 Å². The van der Waals surface area contributed by atoms with E-state index in [4.69, 9.17) is 18.3 Å². The van der Waals surface area contributed by atoms with Crippen molar-refractivity contribution in [2.75, 3.05) is 13.2 Å². The molecular weight excluding hydrogens is 424 g/mol. The van der Waals surface area contributed by atoms with Gasteiger partial charge in [0.1, 0.15) is 13.1 Å². The topological polar surface area (TPSA) is 140 Å². The molecule has 0 fully saturated rings. The molecule has 0 spiro atoms. The summed E-state index contributed by atoms with van der Waals surface area (Å²) >= 11 is 0. The molecule has 0 saturated carbocycles. The zero-order chi connectivity index (χ0) is 22.7. The number of fused-ring (bicyclic) bond motifs is 2. The Bertz CT molecular complexity index is 1330. The molecule has 0 unspecified atom stereocenters. The van der Waals surface area contributed by atoms with Crippen LogP contribution in [0.4, 0.5) is 0 Å². The van der Waals surface area contributed by atoms with Crippen LogP contribution < -0.4 is 11.5 Å². The van der Waals surface area contributed by atoms with Crippen molar-refractivity contribution in [3.63, 3.8) is 0 Å². The van der Waals surface area contributed by atoms with Gasteiger partial charge in [0.25, 0.3) is 0 Å². The number of ketones is 1. The van der Waals surface area contributed by atoms with Crippen molar-refractivity contribution in [3.8, 4) is 0 Å². The lowest BCUT2D eigenvalue weighted by Gasteiger charge is -2.06. The van der Waals surface area contributed by atoms with Crippen LogP contribution in [0.5, 0.6) is 0 Å². The van der Waals surface area contributed by atoms with Crippen molar-refractivity contribution >= 4 is 39.9 Å². The van der Waals surface area contributed by atoms with Crippen molar-refractivity contribution in [2.24, 2.45) is 0 Å². The Kier molecular flexibility index (Phi) is 5.71. The van der Waals surface area contributed by atoms with E-state index in [9.17, 15) is 24.0 Å². The van der Waals surface area contributed by atoms with Crippen LogP contribution >= 0.6 is 0 Å². The van der Waals surface area contributed by atoms with Gasteiger partial charge in [-0.15, -0.1) is 0 Å². The highest BCUT2D eigenvalue weighted by Crippen LogP contribution is 2.12. The van der Waals surface area contributed by atoms with E-state index in [0.717, 1.165) is 9.13 Å². The van der Waals surface area contributed by atoms with E-state index in [1.165, 1.54) is 0 Å². The van der Waals surface area contributed by atoms with Crippen molar-refractivity contribution in [2.45, 2.75) is 13.1 Å². The average Bonchev–Trinajstić information content (AvgIpc) is 3.27. The van der Waals surface area contributed by atoms with Gasteiger partial charge >= 0.3 is 23.5 Å². The standard InChI is InChI=1S/C21H16N2O9/c24-13(11-29-18(25)9-22-14-5-1-3-7-16(14)31-20(22)27)12-30-19(26)10-23-15-6-2-4-8-17(15)32-21(23)28/h1-8H,9-12H2. The van der Waals surface area contributed by atoms with Crippen LogP contribution in [0.15, 0.2) is 67.0 Å². The molecule has 0 saturated heterocycles. The predicted molar refractivity (Wildman–Crippen MR) is 108 cm³/mol. The second-order valence-electron chi connectivity index (χ2n) is 6.70. The molecule has 0 aliphatic carbocycles. The van der Waals surface area contributed by atoms with Crippen molar-refractivity contribution in [1.82, 2.24) is 9.13 Å². The third-order valence-corrected chi connectivity index (χ3v) is 4.51. The molecule has 0 radical (unpaired) electrons. The second-order valence-corrected chi connectivity index (χ2v) is 6.70. The lowest BCUT2D eigenvalue weighted by Crippen LogP contribution is -2.27. The van der Waals surface area contributed by atoms with E-state index in [2.05, 4.69) is 0 Å². The summed E-state index contributed by atoms with van der Waals surface area (Å²) in [4.78, 5) is 59.6. The van der Waals surface area contributed by atoms with Crippen molar-refractivity contribution < 1.29 is 32.7 Å². The Morgan fingerprint density at radius 2 is 1.09 bits per heavy atom. The zero-order valence-electron chi connectivity index (χ0n) is 16.5. The molecule has 0 amide bonds. The highest BCUT2D eigenvalue weighted by Gasteiger charge is 2.17. The predicted octanol–water partition coefficient (Wildman–Crippen LogP) is 0.858. The van der Waals surface area contributed by atoms with Crippen LogP contribution in [0.25, 0.3) is 22.2 Å². The summed E-state index contributed by atoms with van der Waals surface area (Å²) in [6.45, 7) is -2.19. The van der Waals surface area contributed by atoms with Crippen molar-refractivity contribution in [1.29, 1.82) is 0 Å². The van der Waals surface area contributed by atoms with Gasteiger partial charge in [-0.3, -0.25) is 23.5 Å². The number of oxazole rings is 2. The molecule has 11 heteroatoms. The minimum absolute atomic E-state index is 0.317. The molecule has 4 aromatic rings. The normalized spacial score (nSPS) is 11.0. The number of nitrogens with zero attached hydrogens (tertiary/aromatic N) is 2. The number of rotatable bonds is 8. The molecule has 32 heavy (non-hydrogen) atoms. The van der Waals surface area contributed by atoms with E-state index in [1.54, 1.807) is 48.5 Å². The number of esters is 2. The number of carbonyl (C=O) groups is 3. The molecule has 2 aromatic heterocycles.